The third-order valence-electron chi connectivity index (χ3n) is 5.27. The number of amides is 1. The number of allylic oxidation sites excluding steroid dienone is 1. The first kappa shape index (κ1) is 27.1. The monoisotopic (exact) mass is 397 g/mol. The maximum atomic E-state index is 12.0. The number of hydrogen-bond donors (Lipinski definition) is 3. The third-order valence-corrected chi connectivity index (χ3v) is 5.27. The van der Waals surface area contributed by atoms with Crippen LogP contribution < -0.4 is 5.32 Å². The second-order valence-electron chi connectivity index (χ2n) is 8.06. The molecule has 0 radical (unpaired) electrons. The number of aliphatic hydroxyl groups excluding tert-OH is 2. The molecule has 166 valence electrons. The maximum absolute atomic E-state index is 12.0. The van der Waals surface area contributed by atoms with Gasteiger partial charge in [-0.2, -0.15) is 0 Å². The highest BCUT2D eigenvalue weighted by Gasteiger charge is 2.17. The van der Waals surface area contributed by atoms with Crippen LogP contribution in [0.1, 0.15) is 117 Å². The zero-order valence-corrected chi connectivity index (χ0v) is 18.6. The fourth-order valence-electron chi connectivity index (χ4n) is 3.34. The van der Waals surface area contributed by atoms with E-state index >= 15 is 0 Å². The lowest BCUT2D eigenvalue weighted by molar-refractivity contribution is -0.123. The number of aliphatic hydroxyl groups is 2. The smallest absolute Gasteiger partial charge is 0.220 e. The summed E-state index contributed by atoms with van der Waals surface area (Å²) < 4.78 is 0. The average Bonchev–Trinajstić information content (AvgIpc) is 2.70. The summed E-state index contributed by atoms with van der Waals surface area (Å²) in [6.07, 6.45) is 21.6. The fraction of sp³-hybridized carbons (Fsp3) is 0.875. The van der Waals surface area contributed by atoms with E-state index in [0.717, 1.165) is 32.1 Å². The zero-order chi connectivity index (χ0) is 20.9. The van der Waals surface area contributed by atoms with E-state index < -0.39 is 12.1 Å². The highest BCUT2D eigenvalue weighted by molar-refractivity contribution is 5.76. The minimum Gasteiger partial charge on any atom is -0.394 e. The predicted octanol–water partition coefficient (Wildman–Crippen LogP) is 5.66. The second-order valence-corrected chi connectivity index (χ2v) is 8.06. The Balaban J connectivity index is 3.62. The highest BCUT2D eigenvalue weighted by Crippen LogP contribution is 2.12. The lowest BCUT2D eigenvalue weighted by Gasteiger charge is -2.19. The summed E-state index contributed by atoms with van der Waals surface area (Å²) in [4.78, 5) is 12.0. The number of nitrogens with one attached hydrogen (secondary N) is 1. The number of carbonyl (C=O) groups excluding carboxylic acids is 1. The Hall–Kier alpha value is -0.870. The molecule has 1 amide bonds. The Kier molecular flexibility index (Phi) is 20.2. The van der Waals surface area contributed by atoms with E-state index in [1.165, 1.54) is 64.2 Å². The van der Waals surface area contributed by atoms with Crippen LogP contribution in [0.15, 0.2) is 12.2 Å². The van der Waals surface area contributed by atoms with E-state index in [1.807, 2.05) is 6.08 Å². The Morgan fingerprint density at radius 1 is 0.821 bits per heavy atom. The molecule has 0 aliphatic carbocycles. The first-order valence-corrected chi connectivity index (χ1v) is 11.9. The number of hydrogen-bond acceptors (Lipinski definition) is 3. The minimum absolute atomic E-state index is 0.0767. The van der Waals surface area contributed by atoms with Gasteiger partial charge in [-0.1, -0.05) is 109 Å². The van der Waals surface area contributed by atoms with Crippen molar-refractivity contribution >= 4 is 5.91 Å². The molecule has 2 atom stereocenters. The van der Waals surface area contributed by atoms with E-state index in [-0.39, 0.29) is 12.5 Å². The van der Waals surface area contributed by atoms with Crippen LogP contribution in [0, 0.1) is 0 Å². The molecule has 0 aromatic carbocycles. The molecule has 0 aromatic heterocycles. The molecule has 2 unspecified atom stereocenters. The molecule has 0 fully saturated rings. The van der Waals surface area contributed by atoms with Crippen molar-refractivity contribution in [2.75, 3.05) is 6.61 Å². The minimum atomic E-state index is -0.826. The summed E-state index contributed by atoms with van der Waals surface area (Å²) in [5.74, 6) is -0.0767. The average molecular weight is 398 g/mol. The van der Waals surface area contributed by atoms with Crippen molar-refractivity contribution in [1.29, 1.82) is 0 Å². The van der Waals surface area contributed by atoms with Gasteiger partial charge < -0.3 is 15.5 Å². The van der Waals surface area contributed by atoms with Gasteiger partial charge in [0.1, 0.15) is 0 Å². The number of carbonyl (C=O) groups is 1. The van der Waals surface area contributed by atoms with E-state index in [0.29, 0.717) is 6.42 Å². The number of rotatable bonds is 20. The summed E-state index contributed by atoms with van der Waals surface area (Å²) in [6, 6.07) is -0.609. The van der Waals surface area contributed by atoms with Crippen molar-refractivity contribution in [3.63, 3.8) is 0 Å². The molecular weight excluding hydrogens is 350 g/mol. The van der Waals surface area contributed by atoms with Crippen molar-refractivity contribution in [2.24, 2.45) is 0 Å². The molecule has 0 heterocycles. The van der Waals surface area contributed by atoms with Gasteiger partial charge in [0.15, 0.2) is 0 Å². The molecule has 0 saturated heterocycles. The quantitative estimate of drug-likeness (QED) is 0.183. The Morgan fingerprint density at radius 3 is 1.82 bits per heavy atom. The molecular formula is C24H47NO3. The Labute approximate surface area is 174 Å². The molecule has 4 heteroatoms. The fourth-order valence-corrected chi connectivity index (χ4v) is 3.34. The molecule has 0 aliphatic heterocycles. The molecule has 28 heavy (non-hydrogen) atoms. The van der Waals surface area contributed by atoms with Gasteiger partial charge in [0.05, 0.1) is 18.8 Å². The number of unbranched alkanes of at least 4 members (excludes halogenated alkanes) is 13. The van der Waals surface area contributed by atoms with Gasteiger partial charge in [0, 0.05) is 6.42 Å². The predicted molar refractivity (Wildman–Crippen MR) is 119 cm³/mol. The molecule has 4 nitrogen and oxygen atoms in total. The highest BCUT2D eigenvalue weighted by atomic mass is 16.3. The Morgan fingerprint density at radius 2 is 1.32 bits per heavy atom. The first-order valence-electron chi connectivity index (χ1n) is 11.9. The molecule has 0 rings (SSSR count). The molecule has 0 saturated carbocycles. The normalized spacial score (nSPS) is 13.7. The largest absolute Gasteiger partial charge is 0.394 e. The van der Waals surface area contributed by atoms with Gasteiger partial charge in [-0.25, -0.2) is 0 Å². The second kappa shape index (κ2) is 20.9. The topological polar surface area (TPSA) is 69.6 Å². The first-order chi connectivity index (χ1) is 13.7. The van der Waals surface area contributed by atoms with Crippen LogP contribution in [-0.4, -0.2) is 34.9 Å². The zero-order valence-electron chi connectivity index (χ0n) is 18.6. The van der Waals surface area contributed by atoms with Crippen molar-refractivity contribution in [3.8, 4) is 0 Å². The van der Waals surface area contributed by atoms with Crippen LogP contribution in [-0.2, 0) is 4.79 Å². The van der Waals surface area contributed by atoms with Gasteiger partial charge in [0.2, 0.25) is 5.91 Å². The molecule has 0 aromatic rings. The lowest BCUT2D eigenvalue weighted by Crippen LogP contribution is -2.45. The van der Waals surface area contributed by atoms with Crippen LogP contribution in [0.4, 0.5) is 0 Å². The summed E-state index contributed by atoms with van der Waals surface area (Å²) in [6.45, 7) is 4.13. The van der Waals surface area contributed by atoms with E-state index in [1.54, 1.807) is 6.08 Å². The summed E-state index contributed by atoms with van der Waals surface area (Å²) >= 11 is 0. The standard InChI is InChI=1S/C24H47NO3/c1-3-5-7-9-10-11-12-13-14-15-16-18-20-24(28)25-22(21-26)23(27)19-17-8-6-4-2/h17,19,22-23,26-27H,3-16,18,20-21H2,1-2H3,(H,25,28)/b19-17+. The van der Waals surface area contributed by atoms with E-state index in [9.17, 15) is 15.0 Å². The van der Waals surface area contributed by atoms with E-state index in [4.69, 9.17) is 0 Å². The Bertz CT molecular complexity index is 371. The van der Waals surface area contributed by atoms with Crippen LogP contribution in [0.5, 0.6) is 0 Å². The molecule has 0 aliphatic rings. The van der Waals surface area contributed by atoms with Crippen LogP contribution in [0.2, 0.25) is 0 Å². The van der Waals surface area contributed by atoms with Crippen LogP contribution in [0.25, 0.3) is 0 Å². The van der Waals surface area contributed by atoms with Crippen molar-refractivity contribution < 1.29 is 15.0 Å². The molecule has 0 bridgehead atoms. The van der Waals surface area contributed by atoms with Crippen molar-refractivity contribution in [3.05, 3.63) is 12.2 Å². The van der Waals surface area contributed by atoms with Crippen LogP contribution in [0.3, 0.4) is 0 Å². The SMILES string of the molecule is CCCC/C=C/C(O)C(CO)NC(=O)CCCCCCCCCCCCCC. The van der Waals surface area contributed by atoms with Gasteiger partial charge >= 0.3 is 0 Å². The van der Waals surface area contributed by atoms with Gasteiger partial charge in [-0.15, -0.1) is 0 Å². The van der Waals surface area contributed by atoms with Gasteiger partial charge in [-0.3, -0.25) is 4.79 Å². The van der Waals surface area contributed by atoms with Crippen LogP contribution >= 0.6 is 0 Å². The summed E-state index contributed by atoms with van der Waals surface area (Å²) in [5.41, 5.74) is 0. The van der Waals surface area contributed by atoms with Gasteiger partial charge in [0.25, 0.3) is 0 Å². The third kappa shape index (κ3) is 17.2. The molecule has 3 N–H and O–H groups in total. The lowest BCUT2D eigenvalue weighted by atomic mass is 10.0. The summed E-state index contributed by atoms with van der Waals surface area (Å²) in [5, 5.41) is 22.2. The van der Waals surface area contributed by atoms with Crippen molar-refractivity contribution in [2.45, 2.75) is 129 Å². The van der Waals surface area contributed by atoms with E-state index in [2.05, 4.69) is 19.2 Å². The maximum Gasteiger partial charge on any atom is 0.220 e. The van der Waals surface area contributed by atoms with Gasteiger partial charge in [-0.05, 0) is 12.8 Å². The molecule has 0 spiro atoms. The summed E-state index contributed by atoms with van der Waals surface area (Å²) in [7, 11) is 0. The van der Waals surface area contributed by atoms with Crippen molar-refractivity contribution in [1.82, 2.24) is 5.32 Å².